The van der Waals surface area contributed by atoms with Crippen molar-refractivity contribution in [3.8, 4) is 0 Å². The zero-order valence-electron chi connectivity index (χ0n) is 9.33. The molecule has 1 heterocycles. The highest BCUT2D eigenvalue weighted by Crippen LogP contribution is 2.55. The minimum Gasteiger partial charge on any atom is -0.126 e. The Morgan fingerprint density at radius 2 is 2.08 bits per heavy atom. The summed E-state index contributed by atoms with van der Waals surface area (Å²) in [5.74, 6) is 0. The second-order valence-electron chi connectivity index (χ2n) is 5.07. The molecule has 0 amide bonds. The van der Waals surface area contributed by atoms with Gasteiger partial charge in [-0.15, -0.1) is 15.3 Å². The molecule has 2 atom stereocenters. The van der Waals surface area contributed by atoms with Crippen LogP contribution in [0.1, 0.15) is 52.4 Å². The number of rotatable bonds is 3. The highest BCUT2D eigenvalue weighted by Gasteiger charge is 2.45. The fraction of sp³-hybridized carbons (Fsp3) is 1.00. The second kappa shape index (κ2) is 4.48. The SMILES string of the molecule is CCCCC1(C)CCCC[Si]1(C)Br. The molecular weight excluding hydrogens is 240 g/mol. The van der Waals surface area contributed by atoms with Gasteiger partial charge in [0.2, 0.25) is 0 Å². The van der Waals surface area contributed by atoms with E-state index in [9.17, 15) is 0 Å². The largest absolute Gasteiger partial charge is 0.133 e. The van der Waals surface area contributed by atoms with Crippen molar-refractivity contribution < 1.29 is 0 Å². The van der Waals surface area contributed by atoms with E-state index in [1.807, 2.05) is 0 Å². The molecule has 78 valence electrons. The van der Waals surface area contributed by atoms with E-state index in [4.69, 9.17) is 0 Å². The third kappa shape index (κ3) is 2.59. The average molecular weight is 263 g/mol. The molecule has 2 heteroatoms. The van der Waals surface area contributed by atoms with Crippen molar-refractivity contribution in [2.45, 2.75) is 70.0 Å². The Balaban J connectivity index is 2.60. The van der Waals surface area contributed by atoms with Crippen LogP contribution in [0.15, 0.2) is 0 Å². The number of hydrogen-bond acceptors (Lipinski definition) is 0. The molecule has 0 nitrogen and oxygen atoms in total. The van der Waals surface area contributed by atoms with Crippen LogP contribution in [0.4, 0.5) is 0 Å². The van der Waals surface area contributed by atoms with Crippen LogP contribution >= 0.6 is 15.3 Å². The van der Waals surface area contributed by atoms with Gasteiger partial charge in [-0.2, -0.15) is 0 Å². The fourth-order valence-electron chi connectivity index (χ4n) is 2.49. The van der Waals surface area contributed by atoms with E-state index in [-0.39, 0.29) is 0 Å². The van der Waals surface area contributed by atoms with E-state index in [1.165, 1.54) is 44.6 Å². The molecule has 0 saturated carbocycles. The first-order chi connectivity index (χ1) is 6.02. The Labute approximate surface area is 92.1 Å². The number of halogens is 1. The Kier molecular flexibility index (Phi) is 4.05. The van der Waals surface area contributed by atoms with Crippen LogP contribution in [0.25, 0.3) is 0 Å². The van der Waals surface area contributed by atoms with Gasteiger partial charge in [-0.25, -0.2) is 0 Å². The highest BCUT2D eigenvalue weighted by atomic mass is 79.9. The molecule has 0 spiro atoms. The van der Waals surface area contributed by atoms with Crippen molar-refractivity contribution in [1.82, 2.24) is 0 Å². The van der Waals surface area contributed by atoms with Crippen LogP contribution in [0, 0.1) is 0 Å². The minimum atomic E-state index is -1.07. The summed E-state index contributed by atoms with van der Waals surface area (Å²) in [6, 6.07) is 1.49. The summed E-state index contributed by atoms with van der Waals surface area (Å²) < 4.78 is 0. The maximum absolute atomic E-state index is 4.08. The quantitative estimate of drug-likeness (QED) is 0.491. The van der Waals surface area contributed by atoms with E-state index >= 15 is 0 Å². The minimum absolute atomic E-state index is 0.682. The van der Waals surface area contributed by atoms with E-state index in [1.54, 1.807) is 0 Å². The summed E-state index contributed by atoms with van der Waals surface area (Å²) >= 11 is 4.08. The Bertz CT molecular complexity index is 167. The lowest BCUT2D eigenvalue weighted by Crippen LogP contribution is -2.40. The van der Waals surface area contributed by atoms with Crippen molar-refractivity contribution in [1.29, 1.82) is 0 Å². The topological polar surface area (TPSA) is 0 Å². The molecule has 0 radical (unpaired) electrons. The standard InChI is InChI=1S/C11H23BrSi/c1-4-5-8-11(2)9-6-7-10-13(11,3)12/h4-10H2,1-3H3. The first-order valence-electron chi connectivity index (χ1n) is 5.71. The zero-order valence-corrected chi connectivity index (χ0v) is 11.9. The molecule has 0 aromatic heterocycles. The number of hydrogen-bond donors (Lipinski definition) is 0. The van der Waals surface area contributed by atoms with Crippen LogP contribution in [0.2, 0.25) is 17.6 Å². The van der Waals surface area contributed by atoms with Gasteiger partial charge in [0.25, 0.3) is 0 Å². The predicted octanol–water partition coefficient (Wildman–Crippen LogP) is 5.09. The lowest BCUT2D eigenvalue weighted by atomic mass is 9.96. The molecule has 1 saturated heterocycles. The maximum atomic E-state index is 4.08. The van der Waals surface area contributed by atoms with Crippen molar-refractivity contribution in [3.05, 3.63) is 0 Å². The van der Waals surface area contributed by atoms with Crippen molar-refractivity contribution >= 4 is 22.0 Å². The van der Waals surface area contributed by atoms with E-state index in [2.05, 4.69) is 35.7 Å². The highest BCUT2D eigenvalue weighted by molar-refractivity contribution is 9.26. The van der Waals surface area contributed by atoms with Gasteiger partial charge in [0, 0.05) is 0 Å². The summed E-state index contributed by atoms with van der Waals surface area (Å²) in [7, 11) is 0. The zero-order chi connectivity index (χ0) is 9.95. The molecule has 1 fully saturated rings. The third-order valence-corrected chi connectivity index (χ3v) is 12.3. The summed E-state index contributed by atoms with van der Waals surface area (Å²) in [5.41, 5.74) is 0. The van der Waals surface area contributed by atoms with Gasteiger partial charge >= 0.3 is 0 Å². The molecule has 0 bridgehead atoms. The molecular formula is C11H23BrSi. The lowest BCUT2D eigenvalue weighted by Gasteiger charge is -2.45. The second-order valence-corrected chi connectivity index (χ2v) is 14.4. The van der Waals surface area contributed by atoms with Gasteiger partial charge in [0.05, 0.1) is 0 Å². The molecule has 0 aromatic carbocycles. The third-order valence-electron chi connectivity index (χ3n) is 3.97. The van der Waals surface area contributed by atoms with Gasteiger partial charge in [-0.05, 0) is 23.9 Å². The molecule has 1 aliphatic rings. The van der Waals surface area contributed by atoms with E-state index < -0.39 is 6.69 Å². The molecule has 1 rings (SSSR count). The van der Waals surface area contributed by atoms with Crippen molar-refractivity contribution in [2.24, 2.45) is 0 Å². The van der Waals surface area contributed by atoms with Crippen LogP contribution in [0.3, 0.4) is 0 Å². The van der Waals surface area contributed by atoms with Crippen LogP contribution < -0.4 is 0 Å². The first-order valence-corrected chi connectivity index (χ1v) is 10.7. The summed E-state index contributed by atoms with van der Waals surface area (Å²) in [6.07, 6.45) is 8.64. The van der Waals surface area contributed by atoms with Gasteiger partial charge < -0.3 is 0 Å². The average Bonchev–Trinajstić information content (AvgIpc) is 2.07. The first kappa shape index (κ1) is 11.8. The van der Waals surface area contributed by atoms with Crippen LogP contribution in [-0.2, 0) is 0 Å². The van der Waals surface area contributed by atoms with Gasteiger partial charge in [-0.3, -0.25) is 0 Å². The Hall–Kier alpha value is 0.697. The number of unbranched alkanes of at least 4 members (excludes halogenated alkanes) is 1. The van der Waals surface area contributed by atoms with Crippen LogP contribution in [-0.4, -0.2) is 6.69 Å². The molecule has 0 N–H and O–H groups in total. The van der Waals surface area contributed by atoms with Crippen molar-refractivity contribution in [3.63, 3.8) is 0 Å². The smallest absolute Gasteiger partial charge is 0.126 e. The van der Waals surface area contributed by atoms with E-state index in [0.717, 1.165) is 0 Å². The Morgan fingerprint density at radius 3 is 2.62 bits per heavy atom. The van der Waals surface area contributed by atoms with Gasteiger partial charge in [0.1, 0.15) is 6.69 Å². The predicted molar refractivity (Wildman–Crippen MR) is 67.1 cm³/mol. The molecule has 0 aliphatic carbocycles. The van der Waals surface area contributed by atoms with Crippen molar-refractivity contribution in [2.75, 3.05) is 0 Å². The molecule has 2 unspecified atom stereocenters. The molecule has 13 heavy (non-hydrogen) atoms. The maximum Gasteiger partial charge on any atom is 0.133 e. The summed E-state index contributed by atoms with van der Waals surface area (Å²) in [6.45, 7) is 6.30. The normalized spacial score (nSPS) is 40.6. The fourth-order valence-corrected chi connectivity index (χ4v) is 7.43. The van der Waals surface area contributed by atoms with Gasteiger partial charge in [0.15, 0.2) is 0 Å². The molecule has 0 aromatic rings. The van der Waals surface area contributed by atoms with E-state index in [0.29, 0.717) is 5.04 Å². The molecule has 1 aliphatic heterocycles. The lowest BCUT2D eigenvalue weighted by molar-refractivity contribution is 0.438. The van der Waals surface area contributed by atoms with Crippen LogP contribution in [0.5, 0.6) is 0 Å². The van der Waals surface area contributed by atoms with Gasteiger partial charge in [-0.1, -0.05) is 46.1 Å². The summed E-state index contributed by atoms with van der Waals surface area (Å²) in [4.78, 5) is 0. The summed E-state index contributed by atoms with van der Waals surface area (Å²) in [5, 5.41) is 0.682. The monoisotopic (exact) mass is 262 g/mol. The Morgan fingerprint density at radius 1 is 1.38 bits per heavy atom.